The summed E-state index contributed by atoms with van der Waals surface area (Å²) in [5.74, 6) is 0.881. The molecule has 2 nitrogen and oxygen atoms in total. The normalized spacial score (nSPS) is 21.2. The SMILES string of the molecule is Cc1cc(C(=O)N2CCCC(C)C2)c(C)s1. The fraction of sp³-hybridized carbons (Fsp3) is 0.615. The largest absolute Gasteiger partial charge is 0.338 e. The zero-order valence-corrected chi connectivity index (χ0v) is 11.1. The number of carbonyl (C=O) groups is 1. The molecule has 0 radical (unpaired) electrons. The molecule has 0 N–H and O–H groups in total. The molecule has 1 unspecified atom stereocenters. The van der Waals surface area contributed by atoms with Crippen molar-refractivity contribution in [2.24, 2.45) is 5.92 Å². The van der Waals surface area contributed by atoms with Gasteiger partial charge in [0.1, 0.15) is 0 Å². The van der Waals surface area contributed by atoms with Crippen molar-refractivity contribution in [3.63, 3.8) is 0 Å². The molecule has 1 saturated heterocycles. The lowest BCUT2D eigenvalue weighted by molar-refractivity contribution is 0.0683. The fourth-order valence-electron chi connectivity index (χ4n) is 2.39. The maximum atomic E-state index is 12.3. The highest BCUT2D eigenvalue weighted by Gasteiger charge is 2.23. The predicted octanol–water partition coefficient (Wildman–Crippen LogP) is 3.24. The summed E-state index contributed by atoms with van der Waals surface area (Å²) < 4.78 is 0. The van der Waals surface area contributed by atoms with E-state index in [2.05, 4.69) is 13.8 Å². The highest BCUT2D eigenvalue weighted by Crippen LogP contribution is 2.24. The standard InChI is InChI=1S/C13H19NOS/c1-9-5-4-6-14(8-9)13(15)12-7-10(2)16-11(12)3/h7,9H,4-6,8H2,1-3H3. The van der Waals surface area contributed by atoms with Crippen molar-refractivity contribution < 1.29 is 4.79 Å². The highest BCUT2D eigenvalue weighted by molar-refractivity contribution is 7.12. The zero-order chi connectivity index (χ0) is 11.7. The van der Waals surface area contributed by atoms with Gasteiger partial charge in [-0.1, -0.05) is 6.92 Å². The molecule has 1 aliphatic rings. The van der Waals surface area contributed by atoms with E-state index in [0.717, 1.165) is 30.0 Å². The number of piperidine rings is 1. The van der Waals surface area contributed by atoms with Gasteiger partial charge in [0.2, 0.25) is 0 Å². The molecule has 16 heavy (non-hydrogen) atoms. The fourth-order valence-corrected chi connectivity index (χ4v) is 3.30. The number of nitrogens with zero attached hydrogens (tertiary/aromatic N) is 1. The van der Waals surface area contributed by atoms with Crippen LogP contribution in [0, 0.1) is 19.8 Å². The molecule has 1 aromatic rings. The number of amides is 1. The van der Waals surface area contributed by atoms with Crippen LogP contribution in [0.15, 0.2) is 6.07 Å². The van der Waals surface area contributed by atoms with Crippen molar-refractivity contribution in [2.75, 3.05) is 13.1 Å². The first-order valence-electron chi connectivity index (χ1n) is 5.94. The monoisotopic (exact) mass is 237 g/mol. The van der Waals surface area contributed by atoms with Gasteiger partial charge in [0.05, 0.1) is 5.56 Å². The van der Waals surface area contributed by atoms with Gasteiger partial charge in [-0.3, -0.25) is 4.79 Å². The Kier molecular flexibility index (Phi) is 3.33. The zero-order valence-electron chi connectivity index (χ0n) is 10.2. The molecular weight excluding hydrogens is 218 g/mol. The second-order valence-corrected chi connectivity index (χ2v) is 6.29. The van der Waals surface area contributed by atoms with Gasteiger partial charge in [-0.2, -0.15) is 0 Å². The van der Waals surface area contributed by atoms with E-state index in [1.807, 2.05) is 17.9 Å². The minimum atomic E-state index is 0.230. The van der Waals surface area contributed by atoms with Crippen LogP contribution in [0.25, 0.3) is 0 Å². The van der Waals surface area contributed by atoms with Gasteiger partial charge < -0.3 is 4.90 Å². The Morgan fingerprint density at radius 1 is 1.50 bits per heavy atom. The van der Waals surface area contributed by atoms with Crippen molar-refractivity contribution in [2.45, 2.75) is 33.6 Å². The van der Waals surface area contributed by atoms with Crippen LogP contribution in [0.1, 0.15) is 39.9 Å². The molecule has 3 heteroatoms. The molecule has 0 saturated carbocycles. The maximum Gasteiger partial charge on any atom is 0.254 e. The van der Waals surface area contributed by atoms with Crippen LogP contribution < -0.4 is 0 Å². The van der Waals surface area contributed by atoms with E-state index in [1.165, 1.54) is 11.3 Å². The van der Waals surface area contributed by atoms with Gasteiger partial charge in [0, 0.05) is 22.8 Å². The van der Waals surface area contributed by atoms with Crippen LogP contribution in [-0.2, 0) is 0 Å². The third-order valence-corrected chi connectivity index (χ3v) is 4.18. The first-order valence-corrected chi connectivity index (χ1v) is 6.76. The number of hydrogen-bond acceptors (Lipinski definition) is 2. The van der Waals surface area contributed by atoms with Crippen molar-refractivity contribution in [1.82, 2.24) is 4.90 Å². The number of likely N-dealkylation sites (tertiary alicyclic amines) is 1. The Morgan fingerprint density at radius 2 is 2.25 bits per heavy atom. The van der Waals surface area contributed by atoms with Crippen LogP contribution in [0.4, 0.5) is 0 Å². The lowest BCUT2D eigenvalue weighted by Crippen LogP contribution is -2.39. The Hall–Kier alpha value is -0.830. The molecule has 0 spiro atoms. The van der Waals surface area contributed by atoms with Gasteiger partial charge in [0.15, 0.2) is 0 Å². The summed E-state index contributed by atoms with van der Waals surface area (Å²) in [6.07, 6.45) is 2.40. The van der Waals surface area contributed by atoms with Gasteiger partial charge in [-0.15, -0.1) is 11.3 Å². The summed E-state index contributed by atoms with van der Waals surface area (Å²) in [7, 11) is 0. The van der Waals surface area contributed by atoms with Gasteiger partial charge in [-0.05, 0) is 38.7 Å². The summed E-state index contributed by atoms with van der Waals surface area (Å²) >= 11 is 1.71. The Bertz CT molecular complexity index is 397. The summed E-state index contributed by atoms with van der Waals surface area (Å²) in [5.41, 5.74) is 0.914. The predicted molar refractivity (Wildman–Crippen MR) is 68.1 cm³/mol. The lowest BCUT2D eigenvalue weighted by Gasteiger charge is -2.30. The average Bonchev–Trinajstić information content (AvgIpc) is 2.57. The molecule has 0 bridgehead atoms. The van der Waals surface area contributed by atoms with Gasteiger partial charge in [0.25, 0.3) is 5.91 Å². The molecule has 1 aromatic heterocycles. The van der Waals surface area contributed by atoms with E-state index in [1.54, 1.807) is 11.3 Å². The molecule has 88 valence electrons. The summed E-state index contributed by atoms with van der Waals surface area (Å²) in [4.78, 5) is 16.7. The summed E-state index contributed by atoms with van der Waals surface area (Å²) in [6, 6.07) is 2.03. The average molecular weight is 237 g/mol. The number of thiophene rings is 1. The number of aryl methyl sites for hydroxylation is 2. The van der Waals surface area contributed by atoms with E-state index >= 15 is 0 Å². The van der Waals surface area contributed by atoms with Crippen molar-refractivity contribution in [1.29, 1.82) is 0 Å². The minimum absolute atomic E-state index is 0.230. The molecule has 2 heterocycles. The molecule has 0 aliphatic carbocycles. The van der Waals surface area contributed by atoms with Crippen LogP contribution in [-0.4, -0.2) is 23.9 Å². The van der Waals surface area contributed by atoms with E-state index < -0.39 is 0 Å². The second-order valence-electron chi connectivity index (χ2n) is 4.83. The van der Waals surface area contributed by atoms with E-state index in [0.29, 0.717) is 5.92 Å². The minimum Gasteiger partial charge on any atom is -0.338 e. The lowest BCUT2D eigenvalue weighted by atomic mass is 9.99. The molecule has 0 aromatic carbocycles. The van der Waals surface area contributed by atoms with Crippen molar-refractivity contribution in [3.8, 4) is 0 Å². The van der Waals surface area contributed by atoms with E-state index in [9.17, 15) is 4.79 Å². The number of hydrogen-bond donors (Lipinski definition) is 0. The molecule has 2 rings (SSSR count). The Labute approximate surface area is 101 Å². The number of rotatable bonds is 1. The quantitative estimate of drug-likeness (QED) is 0.734. The van der Waals surface area contributed by atoms with Crippen molar-refractivity contribution in [3.05, 3.63) is 21.4 Å². The third kappa shape index (κ3) is 2.29. The summed E-state index contributed by atoms with van der Waals surface area (Å²) in [5, 5.41) is 0. The van der Waals surface area contributed by atoms with Crippen LogP contribution >= 0.6 is 11.3 Å². The molecule has 1 aliphatic heterocycles. The van der Waals surface area contributed by atoms with Crippen molar-refractivity contribution >= 4 is 17.2 Å². The molecule has 1 fully saturated rings. The number of carbonyl (C=O) groups excluding carboxylic acids is 1. The van der Waals surface area contributed by atoms with E-state index in [4.69, 9.17) is 0 Å². The third-order valence-electron chi connectivity index (χ3n) is 3.22. The van der Waals surface area contributed by atoms with E-state index in [-0.39, 0.29) is 5.91 Å². The topological polar surface area (TPSA) is 20.3 Å². The second kappa shape index (κ2) is 4.58. The smallest absolute Gasteiger partial charge is 0.254 e. The van der Waals surface area contributed by atoms with Crippen LogP contribution in [0.3, 0.4) is 0 Å². The van der Waals surface area contributed by atoms with Gasteiger partial charge >= 0.3 is 0 Å². The molecular formula is C13H19NOS. The Balaban J connectivity index is 2.15. The molecule has 1 amide bonds. The highest BCUT2D eigenvalue weighted by atomic mass is 32.1. The van der Waals surface area contributed by atoms with Crippen LogP contribution in [0.5, 0.6) is 0 Å². The maximum absolute atomic E-state index is 12.3. The summed E-state index contributed by atoms with van der Waals surface area (Å²) in [6.45, 7) is 8.18. The first kappa shape index (κ1) is 11.6. The van der Waals surface area contributed by atoms with Crippen LogP contribution in [0.2, 0.25) is 0 Å². The first-order chi connectivity index (χ1) is 7.58. The molecule has 1 atom stereocenters. The van der Waals surface area contributed by atoms with Gasteiger partial charge in [-0.25, -0.2) is 0 Å². The Morgan fingerprint density at radius 3 is 2.81 bits per heavy atom.